The van der Waals surface area contributed by atoms with Crippen molar-refractivity contribution in [3.8, 4) is 11.3 Å². The van der Waals surface area contributed by atoms with E-state index in [9.17, 15) is 9.90 Å². The molecular formula is C19H22N6O3. The second kappa shape index (κ2) is 7.53. The van der Waals surface area contributed by atoms with Crippen LogP contribution in [0.1, 0.15) is 18.9 Å². The van der Waals surface area contributed by atoms with E-state index in [0.29, 0.717) is 35.6 Å². The van der Waals surface area contributed by atoms with Crippen molar-refractivity contribution in [2.45, 2.75) is 25.0 Å². The Morgan fingerprint density at radius 1 is 1.29 bits per heavy atom. The highest BCUT2D eigenvalue weighted by Gasteiger charge is 2.30. The van der Waals surface area contributed by atoms with Gasteiger partial charge in [-0.15, -0.1) is 0 Å². The molecule has 0 saturated carbocycles. The predicted molar refractivity (Wildman–Crippen MR) is 103 cm³/mol. The Balaban J connectivity index is 1.75. The van der Waals surface area contributed by atoms with E-state index in [1.54, 1.807) is 9.58 Å². The van der Waals surface area contributed by atoms with Crippen LogP contribution < -0.4 is 5.73 Å². The van der Waals surface area contributed by atoms with Crippen LogP contribution in [0.15, 0.2) is 36.7 Å². The lowest BCUT2D eigenvalue weighted by atomic mass is 10.1. The van der Waals surface area contributed by atoms with Crippen LogP contribution in [0.5, 0.6) is 0 Å². The predicted octanol–water partition coefficient (Wildman–Crippen LogP) is 0.592. The van der Waals surface area contributed by atoms with Crippen LogP contribution in [0.3, 0.4) is 0 Å². The molecule has 3 heterocycles. The third-order valence-corrected chi connectivity index (χ3v) is 5.08. The number of carbonyl (C=O) groups excluding carboxylic acids is 1. The minimum Gasteiger partial charge on any atom is -0.393 e. The Morgan fingerprint density at radius 2 is 2.07 bits per heavy atom. The smallest absolute Gasteiger partial charge is 0.253 e. The summed E-state index contributed by atoms with van der Waals surface area (Å²) in [6.45, 7) is 0.325. The van der Waals surface area contributed by atoms with E-state index in [1.807, 2.05) is 30.3 Å². The standard InChI is InChI=1S/C19H22N6O3/c20-17-15-16(12-5-2-1-3-6-12)23-25(18(15)22-11-21-17)13-7-4-8-24(9-13)19(28)14(27)10-26/h1-3,5-6,11,13-14,26-27H,4,7-10H2,(H2,20,21,22). The van der Waals surface area contributed by atoms with E-state index >= 15 is 0 Å². The third kappa shape index (κ3) is 3.19. The molecule has 1 aliphatic rings. The lowest BCUT2D eigenvalue weighted by Gasteiger charge is -2.33. The van der Waals surface area contributed by atoms with Crippen molar-refractivity contribution in [3.63, 3.8) is 0 Å². The van der Waals surface area contributed by atoms with Crippen molar-refractivity contribution in [3.05, 3.63) is 36.7 Å². The zero-order valence-electron chi connectivity index (χ0n) is 15.3. The molecule has 4 N–H and O–H groups in total. The number of amides is 1. The number of anilines is 1. The van der Waals surface area contributed by atoms with E-state index in [2.05, 4.69) is 9.97 Å². The van der Waals surface area contributed by atoms with Gasteiger partial charge in [0.2, 0.25) is 0 Å². The van der Waals surface area contributed by atoms with Crippen molar-refractivity contribution >= 4 is 22.8 Å². The highest BCUT2D eigenvalue weighted by atomic mass is 16.3. The van der Waals surface area contributed by atoms with E-state index in [4.69, 9.17) is 15.9 Å². The molecule has 28 heavy (non-hydrogen) atoms. The Kier molecular flexibility index (Phi) is 4.93. The molecule has 1 fully saturated rings. The van der Waals surface area contributed by atoms with Crippen LogP contribution in [0.2, 0.25) is 0 Å². The fourth-order valence-electron chi connectivity index (χ4n) is 3.69. The lowest BCUT2D eigenvalue weighted by molar-refractivity contribution is -0.143. The largest absolute Gasteiger partial charge is 0.393 e. The van der Waals surface area contributed by atoms with Gasteiger partial charge in [0, 0.05) is 18.7 Å². The Morgan fingerprint density at radius 3 is 2.82 bits per heavy atom. The number of nitrogens with two attached hydrogens (primary N) is 1. The average molecular weight is 382 g/mol. The summed E-state index contributed by atoms with van der Waals surface area (Å²) in [7, 11) is 0. The number of nitrogen functional groups attached to an aromatic ring is 1. The summed E-state index contributed by atoms with van der Waals surface area (Å²) < 4.78 is 1.81. The van der Waals surface area contributed by atoms with Crippen LogP contribution in [0.4, 0.5) is 5.82 Å². The summed E-state index contributed by atoms with van der Waals surface area (Å²) in [5.41, 5.74) is 8.37. The Labute approximate surface area is 161 Å². The molecule has 1 amide bonds. The van der Waals surface area contributed by atoms with Gasteiger partial charge >= 0.3 is 0 Å². The van der Waals surface area contributed by atoms with Gasteiger partial charge in [0.1, 0.15) is 17.8 Å². The minimum absolute atomic E-state index is 0.113. The first-order chi connectivity index (χ1) is 13.6. The zero-order chi connectivity index (χ0) is 19.7. The van der Waals surface area contributed by atoms with Crippen molar-refractivity contribution in [2.75, 3.05) is 25.4 Å². The summed E-state index contributed by atoms with van der Waals surface area (Å²) in [4.78, 5) is 22.4. The summed E-state index contributed by atoms with van der Waals surface area (Å²) in [6.07, 6.45) is 1.59. The molecule has 2 unspecified atom stereocenters. The number of carbonyl (C=O) groups is 1. The maximum absolute atomic E-state index is 12.3. The molecule has 3 aromatic rings. The maximum Gasteiger partial charge on any atom is 0.253 e. The average Bonchev–Trinajstić information content (AvgIpc) is 3.14. The molecular weight excluding hydrogens is 360 g/mol. The van der Waals surface area contributed by atoms with Crippen LogP contribution in [0, 0.1) is 0 Å². The fourth-order valence-corrected chi connectivity index (χ4v) is 3.69. The van der Waals surface area contributed by atoms with Crippen LogP contribution in [0.25, 0.3) is 22.3 Å². The lowest BCUT2D eigenvalue weighted by Crippen LogP contribution is -2.46. The Hall–Kier alpha value is -3.04. The van der Waals surface area contributed by atoms with Crippen molar-refractivity contribution in [1.82, 2.24) is 24.6 Å². The zero-order valence-corrected chi connectivity index (χ0v) is 15.3. The van der Waals surface area contributed by atoms with Gasteiger partial charge in [-0.3, -0.25) is 4.79 Å². The number of fused-ring (bicyclic) bond motifs is 1. The monoisotopic (exact) mass is 382 g/mol. The van der Waals surface area contributed by atoms with Gasteiger partial charge < -0.3 is 20.8 Å². The Bertz CT molecular complexity index is 990. The molecule has 146 valence electrons. The highest BCUT2D eigenvalue weighted by Crippen LogP contribution is 2.33. The highest BCUT2D eigenvalue weighted by molar-refractivity contribution is 5.98. The number of likely N-dealkylation sites (tertiary alicyclic amines) is 1. The maximum atomic E-state index is 12.3. The van der Waals surface area contributed by atoms with E-state index in [1.165, 1.54) is 6.33 Å². The first kappa shape index (κ1) is 18.3. The van der Waals surface area contributed by atoms with Crippen molar-refractivity contribution in [2.24, 2.45) is 0 Å². The number of rotatable bonds is 4. The number of aromatic nitrogens is 4. The quantitative estimate of drug-likeness (QED) is 0.602. The number of aliphatic hydroxyl groups excluding tert-OH is 2. The number of hydrogen-bond acceptors (Lipinski definition) is 7. The molecule has 0 aliphatic carbocycles. The first-order valence-corrected chi connectivity index (χ1v) is 9.22. The molecule has 0 spiro atoms. The van der Waals surface area contributed by atoms with E-state index in [-0.39, 0.29) is 6.04 Å². The van der Waals surface area contributed by atoms with Gasteiger partial charge in [-0.2, -0.15) is 5.10 Å². The van der Waals surface area contributed by atoms with Crippen molar-refractivity contribution in [1.29, 1.82) is 0 Å². The minimum atomic E-state index is -1.40. The van der Waals surface area contributed by atoms with Gasteiger partial charge in [-0.05, 0) is 12.8 Å². The summed E-state index contributed by atoms with van der Waals surface area (Å²) >= 11 is 0. The number of hydrogen-bond donors (Lipinski definition) is 3. The number of aliphatic hydroxyl groups is 2. The number of benzene rings is 1. The van der Waals surface area contributed by atoms with Gasteiger partial charge in [0.25, 0.3) is 5.91 Å². The molecule has 2 aromatic heterocycles. The van der Waals surface area contributed by atoms with Crippen LogP contribution in [-0.2, 0) is 4.79 Å². The SMILES string of the molecule is Nc1ncnc2c1c(-c1ccccc1)nn2C1CCCN(C(=O)C(O)CO)C1. The van der Waals surface area contributed by atoms with Gasteiger partial charge in [0.05, 0.1) is 18.0 Å². The van der Waals surface area contributed by atoms with E-state index < -0.39 is 18.6 Å². The molecule has 1 saturated heterocycles. The molecule has 1 aromatic carbocycles. The first-order valence-electron chi connectivity index (χ1n) is 9.22. The van der Waals surface area contributed by atoms with Crippen molar-refractivity contribution < 1.29 is 15.0 Å². The third-order valence-electron chi connectivity index (χ3n) is 5.08. The van der Waals surface area contributed by atoms with Gasteiger partial charge in [-0.1, -0.05) is 30.3 Å². The molecule has 2 atom stereocenters. The molecule has 4 rings (SSSR count). The molecule has 1 aliphatic heterocycles. The van der Waals surface area contributed by atoms with Crippen LogP contribution in [-0.4, -0.2) is 66.6 Å². The van der Waals surface area contributed by atoms with Crippen LogP contribution >= 0.6 is 0 Å². The van der Waals surface area contributed by atoms with Gasteiger partial charge in [0.15, 0.2) is 11.8 Å². The molecule has 9 heteroatoms. The molecule has 0 radical (unpaired) electrons. The van der Waals surface area contributed by atoms with E-state index in [0.717, 1.165) is 18.4 Å². The summed E-state index contributed by atoms with van der Waals surface area (Å²) in [5, 5.41) is 24.2. The summed E-state index contributed by atoms with van der Waals surface area (Å²) in [5.74, 6) is -0.115. The topological polar surface area (TPSA) is 130 Å². The molecule has 9 nitrogen and oxygen atoms in total. The second-order valence-electron chi connectivity index (χ2n) is 6.90. The van der Waals surface area contributed by atoms with Gasteiger partial charge in [-0.25, -0.2) is 14.6 Å². The fraction of sp³-hybridized carbons (Fsp3) is 0.368. The second-order valence-corrected chi connectivity index (χ2v) is 6.90. The number of nitrogens with zero attached hydrogens (tertiary/aromatic N) is 5. The number of piperidine rings is 1. The summed E-state index contributed by atoms with van der Waals surface area (Å²) in [6, 6.07) is 9.58. The molecule has 0 bridgehead atoms. The normalized spacial score (nSPS) is 18.4.